The van der Waals surface area contributed by atoms with E-state index in [1.807, 2.05) is 12.1 Å². The van der Waals surface area contributed by atoms with Gasteiger partial charge >= 0.3 is 0 Å². The highest BCUT2D eigenvalue weighted by molar-refractivity contribution is 5.82. The summed E-state index contributed by atoms with van der Waals surface area (Å²) in [6.45, 7) is 3.86. The number of benzene rings is 1. The second-order valence-corrected chi connectivity index (χ2v) is 9.44. The molecule has 1 aliphatic carbocycles. The first kappa shape index (κ1) is 19.9. The molecule has 5 heteroatoms. The van der Waals surface area contributed by atoms with Crippen molar-refractivity contribution in [3.8, 4) is 0 Å². The topological polar surface area (TPSA) is 36.4 Å². The number of aromatic nitrogens is 1. The molecule has 2 aromatic rings. The van der Waals surface area contributed by atoms with Gasteiger partial charge in [-0.3, -0.25) is 14.7 Å². The van der Waals surface area contributed by atoms with Crippen molar-refractivity contribution in [3.63, 3.8) is 0 Å². The Morgan fingerprint density at radius 3 is 2.63 bits per heavy atom. The van der Waals surface area contributed by atoms with Crippen molar-refractivity contribution in [2.75, 3.05) is 19.6 Å². The molecule has 0 N–H and O–H groups in total. The molecule has 2 aliphatic heterocycles. The smallest absolute Gasteiger partial charge is 0.225 e. The van der Waals surface area contributed by atoms with Crippen molar-refractivity contribution >= 4 is 16.8 Å². The standard InChI is InChI=1S/C25H32FN3O/c26-22-10-9-20(24-21(22)5-4-13-27-24)17-28-15-11-18(12-16-28)23-6-2-1-3-14-29(23)25(30)19-7-8-19/h4-5,9-10,13,18-19,23H,1-3,6-8,11-12,14-17H2. The summed E-state index contributed by atoms with van der Waals surface area (Å²) in [5.41, 5.74) is 1.88. The molecule has 5 rings (SSSR count). The minimum absolute atomic E-state index is 0.200. The number of likely N-dealkylation sites (tertiary alicyclic amines) is 2. The van der Waals surface area contributed by atoms with E-state index in [1.165, 1.54) is 25.7 Å². The minimum Gasteiger partial charge on any atom is -0.339 e. The number of halogens is 1. The Hall–Kier alpha value is -2.01. The normalized spacial score (nSPS) is 24.2. The van der Waals surface area contributed by atoms with Crippen molar-refractivity contribution in [2.24, 2.45) is 11.8 Å². The van der Waals surface area contributed by atoms with Crippen LogP contribution in [0.3, 0.4) is 0 Å². The molecule has 0 bridgehead atoms. The van der Waals surface area contributed by atoms with E-state index in [1.54, 1.807) is 18.3 Å². The SMILES string of the molecule is O=C(C1CC1)N1CCCCCC1C1CCN(Cc2ccc(F)c3cccnc23)CC1. The summed E-state index contributed by atoms with van der Waals surface area (Å²) in [6, 6.07) is 7.50. The van der Waals surface area contributed by atoms with E-state index < -0.39 is 0 Å². The van der Waals surface area contributed by atoms with Gasteiger partial charge in [0, 0.05) is 36.6 Å². The maximum absolute atomic E-state index is 14.1. The number of nitrogens with zero attached hydrogens (tertiary/aromatic N) is 3. The zero-order chi connectivity index (χ0) is 20.5. The number of hydrogen-bond donors (Lipinski definition) is 0. The van der Waals surface area contributed by atoms with Crippen LogP contribution < -0.4 is 0 Å². The van der Waals surface area contributed by atoms with Gasteiger partial charge in [-0.25, -0.2) is 4.39 Å². The van der Waals surface area contributed by atoms with Gasteiger partial charge in [-0.15, -0.1) is 0 Å². The molecule has 3 fully saturated rings. The lowest BCUT2D eigenvalue weighted by Gasteiger charge is -2.41. The Bertz CT molecular complexity index is 904. The highest BCUT2D eigenvalue weighted by atomic mass is 19.1. The van der Waals surface area contributed by atoms with Gasteiger partial charge in [-0.2, -0.15) is 0 Å². The predicted molar refractivity (Wildman–Crippen MR) is 116 cm³/mol. The summed E-state index contributed by atoms with van der Waals surface area (Å²) in [5, 5.41) is 0.609. The average molecular weight is 410 g/mol. The molecule has 1 amide bonds. The van der Waals surface area contributed by atoms with Gasteiger partial charge in [-0.05, 0) is 81.3 Å². The highest BCUT2D eigenvalue weighted by Gasteiger charge is 2.39. The van der Waals surface area contributed by atoms with Crippen molar-refractivity contribution in [1.29, 1.82) is 0 Å². The lowest BCUT2D eigenvalue weighted by Crippen LogP contribution is -2.48. The van der Waals surface area contributed by atoms with Crippen LogP contribution in [-0.2, 0) is 11.3 Å². The van der Waals surface area contributed by atoms with Crippen LogP contribution in [0.1, 0.15) is 56.9 Å². The Morgan fingerprint density at radius 2 is 1.83 bits per heavy atom. The molecule has 0 radical (unpaired) electrons. The van der Waals surface area contributed by atoms with E-state index in [2.05, 4.69) is 14.8 Å². The maximum Gasteiger partial charge on any atom is 0.225 e. The Kier molecular flexibility index (Phi) is 5.72. The highest BCUT2D eigenvalue weighted by Crippen LogP contribution is 2.36. The second kappa shape index (κ2) is 8.62. The molecule has 2 saturated heterocycles. The van der Waals surface area contributed by atoms with Gasteiger partial charge in [0.2, 0.25) is 5.91 Å². The van der Waals surface area contributed by atoms with Crippen LogP contribution in [0.2, 0.25) is 0 Å². The molecule has 160 valence electrons. The summed E-state index contributed by atoms with van der Waals surface area (Å²) >= 11 is 0. The van der Waals surface area contributed by atoms with Crippen LogP contribution in [0.4, 0.5) is 4.39 Å². The molecule has 1 saturated carbocycles. The minimum atomic E-state index is -0.200. The number of pyridine rings is 1. The predicted octanol–water partition coefficient (Wildman–Crippen LogP) is 4.77. The third kappa shape index (κ3) is 4.09. The molecule has 3 heterocycles. The fraction of sp³-hybridized carbons (Fsp3) is 0.600. The third-order valence-electron chi connectivity index (χ3n) is 7.38. The Balaban J connectivity index is 1.25. The largest absolute Gasteiger partial charge is 0.339 e. The Morgan fingerprint density at radius 1 is 1.00 bits per heavy atom. The van der Waals surface area contributed by atoms with Crippen LogP contribution in [0.5, 0.6) is 0 Å². The van der Waals surface area contributed by atoms with Crippen LogP contribution in [0, 0.1) is 17.7 Å². The molecule has 3 aliphatic rings. The fourth-order valence-corrected chi connectivity index (χ4v) is 5.52. The van der Waals surface area contributed by atoms with Crippen LogP contribution in [-0.4, -0.2) is 46.4 Å². The molecular formula is C25H32FN3O. The molecule has 0 spiro atoms. The molecule has 1 aromatic carbocycles. The molecule has 30 heavy (non-hydrogen) atoms. The molecule has 1 aromatic heterocycles. The van der Waals surface area contributed by atoms with Gasteiger partial charge in [0.25, 0.3) is 0 Å². The lowest BCUT2D eigenvalue weighted by molar-refractivity contribution is -0.136. The number of carbonyl (C=O) groups excluding carboxylic acids is 1. The summed E-state index contributed by atoms with van der Waals surface area (Å²) < 4.78 is 14.1. The Labute approximate surface area is 178 Å². The second-order valence-electron chi connectivity index (χ2n) is 9.44. The summed E-state index contributed by atoms with van der Waals surface area (Å²) in [4.78, 5) is 22.1. The van der Waals surface area contributed by atoms with Gasteiger partial charge < -0.3 is 4.90 Å². The van der Waals surface area contributed by atoms with Gasteiger partial charge in [0.1, 0.15) is 5.82 Å². The fourth-order valence-electron chi connectivity index (χ4n) is 5.52. The van der Waals surface area contributed by atoms with E-state index >= 15 is 0 Å². The summed E-state index contributed by atoms with van der Waals surface area (Å²) in [7, 11) is 0. The van der Waals surface area contributed by atoms with Gasteiger partial charge in [0.05, 0.1) is 5.52 Å². The molecule has 4 nitrogen and oxygen atoms in total. The number of carbonyl (C=O) groups is 1. The summed E-state index contributed by atoms with van der Waals surface area (Å²) in [5.74, 6) is 1.18. The average Bonchev–Trinajstić information content (AvgIpc) is 3.63. The first-order chi connectivity index (χ1) is 14.7. The van der Waals surface area contributed by atoms with Crippen LogP contribution >= 0.6 is 0 Å². The van der Waals surface area contributed by atoms with Crippen LogP contribution in [0.15, 0.2) is 30.5 Å². The first-order valence-electron chi connectivity index (χ1n) is 11.8. The van der Waals surface area contributed by atoms with E-state index in [-0.39, 0.29) is 5.82 Å². The van der Waals surface area contributed by atoms with Gasteiger partial charge in [-0.1, -0.05) is 18.9 Å². The number of hydrogen-bond acceptors (Lipinski definition) is 3. The van der Waals surface area contributed by atoms with Crippen molar-refractivity contribution in [3.05, 3.63) is 41.8 Å². The quantitative estimate of drug-likeness (QED) is 0.730. The van der Waals surface area contributed by atoms with Crippen molar-refractivity contribution in [1.82, 2.24) is 14.8 Å². The van der Waals surface area contributed by atoms with Crippen molar-refractivity contribution in [2.45, 2.75) is 64.0 Å². The van der Waals surface area contributed by atoms with E-state index in [9.17, 15) is 9.18 Å². The monoisotopic (exact) mass is 409 g/mol. The van der Waals surface area contributed by atoms with Crippen molar-refractivity contribution < 1.29 is 9.18 Å². The maximum atomic E-state index is 14.1. The molecular weight excluding hydrogens is 377 g/mol. The number of amides is 1. The van der Waals surface area contributed by atoms with E-state index in [0.717, 1.165) is 62.9 Å². The summed E-state index contributed by atoms with van der Waals surface area (Å²) in [6.07, 6.45) is 11.1. The number of piperidine rings is 1. The van der Waals surface area contributed by atoms with Gasteiger partial charge in [0.15, 0.2) is 0 Å². The molecule has 1 atom stereocenters. The van der Waals surface area contributed by atoms with E-state index in [0.29, 0.717) is 29.2 Å². The lowest BCUT2D eigenvalue weighted by atomic mass is 9.85. The zero-order valence-electron chi connectivity index (χ0n) is 17.7. The molecule has 1 unspecified atom stereocenters. The van der Waals surface area contributed by atoms with E-state index in [4.69, 9.17) is 0 Å². The number of rotatable bonds is 4. The van der Waals surface area contributed by atoms with Crippen LogP contribution in [0.25, 0.3) is 10.9 Å². The number of fused-ring (bicyclic) bond motifs is 1. The third-order valence-corrected chi connectivity index (χ3v) is 7.38. The zero-order valence-corrected chi connectivity index (χ0v) is 17.7. The first-order valence-corrected chi connectivity index (χ1v) is 11.8.